The van der Waals surface area contributed by atoms with Crippen LogP contribution >= 0.6 is 0 Å². The van der Waals surface area contributed by atoms with E-state index in [-0.39, 0.29) is 11.4 Å². The minimum absolute atomic E-state index is 0.153. The second kappa shape index (κ2) is 5.50. The monoisotopic (exact) mass is 216 g/mol. The highest BCUT2D eigenvalue weighted by atomic mass is 17.2. The Labute approximate surface area is 93.1 Å². The van der Waals surface area contributed by atoms with Gasteiger partial charge in [0.25, 0.3) is 0 Å². The summed E-state index contributed by atoms with van der Waals surface area (Å²) in [7, 11) is 0. The molecule has 3 heteroatoms. The first kappa shape index (κ1) is 14.4. The van der Waals surface area contributed by atoms with Gasteiger partial charge in [-0.1, -0.05) is 27.7 Å². The molecule has 0 aromatic heterocycles. The van der Waals surface area contributed by atoms with Crippen molar-refractivity contribution in [1.29, 1.82) is 0 Å². The molecule has 0 spiro atoms. The molecule has 0 aliphatic heterocycles. The van der Waals surface area contributed by atoms with Gasteiger partial charge in [0.05, 0.1) is 0 Å². The molecule has 0 aromatic rings. The Hall–Kier alpha value is -0.570. The minimum Gasteiger partial charge on any atom is -0.298 e. The molecule has 0 rings (SSSR count). The maximum absolute atomic E-state index is 11.1. The van der Waals surface area contributed by atoms with Crippen LogP contribution in [0.2, 0.25) is 0 Å². The van der Waals surface area contributed by atoms with E-state index in [0.717, 1.165) is 12.8 Å². The van der Waals surface area contributed by atoms with Gasteiger partial charge in [0.1, 0.15) is 5.60 Å². The molecule has 3 nitrogen and oxygen atoms in total. The fourth-order valence-electron chi connectivity index (χ4n) is 1.71. The number of carbonyl (C=O) groups is 1. The molecule has 0 saturated carbocycles. The summed E-state index contributed by atoms with van der Waals surface area (Å²) in [5, 5.41) is 0. The highest BCUT2D eigenvalue weighted by Crippen LogP contribution is 2.29. The predicted octanol–water partition coefficient (Wildman–Crippen LogP) is 3.48. The largest absolute Gasteiger partial charge is 0.342 e. The van der Waals surface area contributed by atoms with Gasteiger partial charge in [-0.05, 0) is 32.1 Å². The van der Waals surface area contributed by atoms with Crippen molar-refractivity contribution >= 4 is 5.97 Å². The van der Waals surface area contributed by atoms with Gasteiger partial charge in [-0.2, -0.15) is 4.89 Å². The van der Waals surface area contributed by atoms with Gasteiger partial charge in [0.15, 0.2) is 0 Å². The number of carbonyl (C=O) groups excluding carboxylic acids is 1. The van der Waals surface area contributed by atoms with Crippen molar-refractivity contribution in [1.82, 2.24) is 0 Å². The smallest absolute Gasteiger partial charge is 0.298 e. The van der Waals surface area contributed by atoms with E-state index in [2.05, 4.69) is 20.8 Å². The SMILES string of the molecule is CCCC(=O)OOC(C)(C)CC(C)(C)C. The van der Waals surface area contributed by atoms with Gasteiger partial charge in [0, 0.05) is 6.42 Å². The second-order valence-electron chi connectivity index (χ2n) is 5.79. The van der Waals surface area contributed by atoms with E-state index in [4.69, 9.17) is 9.78 Å². The van der Waals surface area contributed by atoms with Gasteiger partial charge in [-0.3, -0.25) is 4.89 Å². The van der Waals surface area contributed by atoms with Crippen molar-refractivity contribution < 1.29 is 14.6 Å². The van der Waals surface area contributed by atoms with Crippen molar-refractivity contribution in [2.45, 2.75) is 66.4 Å². The van der Waals surface area contributed by atoms with Crippen LogP contribution in [0.25, 0.3) is 0 Å². The van der Waals surface area contributed by atoms with E-state index in [1.54, 1.807) is 0 Å². The zero-order chi connectivity index (χ0) is 12.1. The third-order valence-electron chi connectivity index (χ3n) is 1.77. The minimum atomic E-state index is -0.429. The molecule has 0 saturated heterocycles. The average Bonchev–Trinajstić information content (AvgIpc) is 1.97. The molecule has 0 aliphatic rings. The number of hydrogen-bond donors (Lipinski definition) is 0. The van der Waals surface area contributed by atoms with Gasteiger partial charge in [-0.25, -0.2) is 4.79 Å². The summed E-state index contributed by atoms with van der Waals surface area (Å²) < 4.78 is 0. The molecule has 0 aromatic carbocycles. The molecule has 0 N–H and O–H groups in total. The number of rotatable bonds is 5. The molecule has 15 heavy (non-hydrogen) atoms. The van der Waals surface area contributed by atoms with Crippen molar-refractivity contribution in [3.05, 3.63) is 0 Å². The molecular formula is C12H24O3. The third-order valence-corrected chi connectivity index (χ3v) is 1.77. The summed E-state index contributed by atoms with van der Waals surface area (Å²) in [6, 6.07) is 0. The van der Waals surface area contributed by atoms with E-state index in [9.17, 15) is 4.79 Å². The van der Waals surface area contributed by atoms with Crippen LogP contribution < -0.4 is 0 Å². The fourth-order valence-corrected chi connectivity index (χ4v) is 1.71. The molecule has 90 valence electrons. The van der Waals surface area contributed by atoms with Crippen LogP contribution in [0.3, 0.4) is 0 Å². The van der Waals surface area contributed by atoms with E-state index >= 15 is 0 Å². The lowest BCUT2D eigenvalue weighted by atomic mass is 9.84. The standard InChI is InChI=1S/C12H24O3/c1-7-8-10(13)14-15-12(5,6)9-11(2,3)4/h7-9H2,1-6H3. The Morgan fingerprint density at radius 1 is 1.13 bits per heavy atom. The lowest BCUT2D eigenvalue weighted by Crippen LogP contribution is -2.31. The molecule has 0 amide bonds. The molecule has 0 atom stereocenters. The Morgan fingerprint density at radius 2 is 1.67 bits per heavy atom. The summed E-state index contributed by atoms with van der Waals surface area (Å²) in [5.74, 6) is -0.292. The zero-order valence-electron chi connectivity index (χ0n) is 10.8. The van der Waals surface area contributed by atoms with E-state index in [1.807, 2.05) is 20.8 Å². The topological polar surface area (TPSA) is 35.5 Å². The van der Waals surface area contributed by atoms with E-state index in [1.165, 1.54) is 0 Å². The molecule has 0 radical (unpaired) electrons. The first-order valence-corrected chi connectivity index (χ1v) is 5.55. The van der Waals surface area contributed by atoms with E-state index < -0.39 is 5.60 Å². The zero-order valence-corrected chi connectivity index (χ0v) is 10.8. The highest BCUT2D eigenvalue weighted by Gasteiger charge is 2.28. The summed E-state index contributed by atoms with van der Waals surface area (Å²) in [6.45, 7) is 12.2. The first-order valence-electron chi connectivity index (χ1n) is 5.55. The maximum atomic E-state index is 11.1. The van der Waals surface area contributed by atoms with Crippen LogP contribution in [0.15, 0.2) is 0 Å². The summed E-state index contributed by atoms with van der Waals surface area (Å²) in [4.78, 5) is 21.0. The quantitative estimate of drug-likeness (QED) is 0.521. The van der Waals surface area contributed by atoms with Crippen LogP contribution in [0.1, 0.15) is 60.8 Å². The Balaban J connectivity index is 3.99. The predicted molar refractivity (Wildman–Crippen MR) is 60.2 cm³/mol. The maximum Gasteiger partial charge on any atom is 0.342 e. The second-order valence-corrected chi connectivity index (χ2v) is 5.79. The number of hydrogen-bond acceptors (Lipinski definition) is 3. The highest BCUT2D eigenvalue weighted by molar-refractivity contribution is 5.68. The van der Waals surface area contributed by atoms with Gasteiger partial charge in [0.2, 0.25) is 0 Å². The van der Waals surface area contributed by atoms with Crippen molar-refractivity contribution in [2.24, 2.45) is 5.41 Å². The third kappa shape index (κ3) is 8.43. The van der Waals surface area contributed by atoms with E-state index in [0.29, 0.717) is 6.42 Å². The summed E-state index contributed by atoms with van der Waals surface area (Å²) in [6.07, 6.45) is 2.02. The van der Waals surface area contributed by atoms with Crippen LogP contribution in [0, 0.1) is 5.41 Å². The summed E-state index contributed by atoms with van der Waals surface area (Å²) >= 11 is 0. The van der Waals surface area contributed by atoms with Gasteiger partial charge >= 0.3 is 5.97 Å². The molecule has 0 fully saturated rings. The lowest BCUT2D eigenvalue weighted by Gasteiger charge is -2.30. The Bertz CT molecular complexity index is 201. The van der Waals surface area contributed by atoms with Crippen LogP contribution in [-0.4, -0.2) is 11.6 Å². The average molecular weight is 216 g/mol. The molecular weight excluding hydrogens is 192 g/mol. The van der Waals surface area contributed by atoms with Crippen molar-refractivity contribution in [3.63, 3.8) is 0 Å². The van der Waals surface area contributed by atoms with Crippen LogP contribution in [0.4, 0.5) is 0 Å². The fraction of sp³-hybridized carbons (Fsp3) is 0.917. The Morgan fingerprint density at radius 3 is 2.07 bits per heavy atom. The molecule has 0 bridgehead atoms. The summed E-state index contributed by atoms with van der Waals surface area (Å²) in [5.41, 5.74) is -0.275. The first-order chi connectivity index (χ1) is 6.66. The van der Waals surface area contributed by atoms with Gasteiger partial charge in [-0.15, -0.1) is 0 Å². The van der Waals surface area contributed by atoms with Crippen LogP contribution in [-0.2, 0) is 14.6 Å². The Kier molecular flexibility index (Phi) is 5.29. The molecule has 0 aliphatic carbocycles. The molecule has 0 unspecified atom stereocenters. The van der Waals surface area contributed by atoms with Gasteiger partial charge < -0.3 is 0 Å². The van der Waals surface area contributed by atoms with Crippen LogP contribution in [0.5, 0.6) is 0 Å². The normalized spacial score (nSPS) is 12.7. The molecule has 0 heterocycles. The lowest BCUT2D eigenvalue weighted by molar-refractivity contribution is -0.329. The van der Waals surface area contributed by atoms with Crippen molar-refractivity contribution in [3.8, 4) is 0 Å². The van der Waals surface area contributed by atoms with Crippen molar-refractivity contribution in [2.75, 3.05) is 0 Å².